The number of para-hydroxylation sites is 1. The average molecular weight is 552 g/mol. The van der Waals surface area contributed by atoms with Gasteiger partial charge in [0.1, 0.15) is 18.1 Å². The van der Waals surface area contributed by atoms with Gasteiger partial charge in [-0.3, -0.25) is 14.4 Å². The first kappa shape index (κ1) is 30.5. The van der Waals surface area contributed by atoms with Crippen LogP contribution in [0.25, 0.3) is 10.9 Å². The lowest BCUT2D eigenvalue weighted by molar-refractivity contribution is -0.142. The molecule has 0 radical (unpaired) electrons. The van der Waals surface area contributed by atoms with Crippen molar-refractivity contribution in [3.05, 3.63) is 36.0 Å². The minimum absolute atomic E-state index is 0.0468. The van der Waals surface area contributed by atoms with E-state index in [9.17, 15) is 24.3 Å². The van der Waals surface area contributed by atoms with Crippen LogP contribution in [-0.4, -0.2) is 75.7 Å². The number of benzene rings is 1. The number of aliphatic carboxylic acids is 1. The average Bonchev–Trinajstić information content (AvgIpc) is 3.26. The molecule has 12 heteroatoms. The molecule has 4 unspecified atom stereocenters. The van der Waals surface area contributed by atoms with Crippen molar-refractivity contribution in [2.45, 2.75) is 57.3 Å². The Morgan fingerprint density at radius 2 is 1.65 bits per heavy atom. The van der Waals surface area contributed by atoms with Gasteiger partial charge >= 0.3 is 5.97 Å². The van der Waals surface area contributed by atoms with Gasteiger partial charge in [0.15, 0.2) is 0 Å². The third-order valence-corrected chi connectivity index (χ3v) is 6.84. The second-order valence-corrected chi connectivity index (χ2v) is 10.6. The number of hydrogen-bond donors (Lipinski definition) is 7. The fourth-order valence-electron chi connectivity index (χ4n) is 3.84. The Balaban J connectivity index is 2.05. The van der Waals surface area contributed by atoms with E-state index in [4.69, 9.17) is 5.73 Å². The van der Waals surface area contributed by atoms with Gasteiger partial charge in [0.25, 0.3) is 0 Å². The number of thioether (sulfide) groups is 1. The molecule has 0 bridgehead atoms. The lowest BCUT2D eigenvalue weighted by Gasteiger charge is -2.25. The van der Waals surface area contributed by atoms with E-state index >= 15 is 0 Å². The molecule has 0 aliphatic carbocycles. The summed E-state index contributed by atoms with van der Waals surface area (Å²) in [6.07, 6.45) is 4.50. The van der Waals surface area contributed by atoms with Crippen LogP contribution in [0.2, 0.25) is 0 Å². The van der Waals surface area contributed by atoms with E-state index in [1.165, 1.54) is 11.8 Å². The van der Waals surface area contributed by atoms with Crippen molar-refractivity contribution in [1.82, 2.24) is 20.9 Å². The van der Waals surface area contributed by atoms with Crippen molar-refractivity contribution in [3.8, 4) is 0 Å². The van der Waals surface area contributed by atoms with Crippen molar-refractivity contribution < 1.29 is 24.3 Å². The maximum atomic E-state index is 13.1. The highest BCUT2D eigenvalue weighted by Crippen LogP contribution is 2.19. The van der Waals surface area contributed by atoms with Crippen LogP contribution in [-0.2, 0) is 25.6 Å². The molecule has 4 atom stereocenters. The van der Waals surface area contributed by atoms with Crippen molar-refractivity contribution in [1.29, 1.82) is 0 Å². The Hall–Kier alpha value is -2.70. The molecule has 0 aliphatic heterocycles. The number of carboxylic acids is 1. The van der Waals surface area contributed by atoms with Gasteiger partial charge in [0, 0.05) is 22.9 Å². The first-order valence-electron chi connectivity index (χ1n) is 12.1. The van der Waals surface area contributed by atoms with Crippen molar-refractivity contribution in [2.24, 2.45) is 11.7 Å². The number of amides is 3. The summed E-state index contributed by atoms with van der Waals surface area (Å²) in [4.78, 5) is 53.3. The number of nitrogens with two attached hydrogens (primary N) is 1. The Morgan fingerprint density at radius 3 is 2.27 bits per heavy atom. The molecule has 3 amide bonds. The van der Waals surface area contributed by atoms with Crippen LogP contribution in [0.5, 0.6) is 0 Å². The number of carbonyl (C=O) groups excluding carboxylic acids is 3. The van der Waals surface area contributed by atoms with Crippen LogP contribution < -0.4 is 21.7 Å². The number of H-pyrrole nitrogens is 1. The zero-order valence-corrected chi connectivity index (χ0v) is 23.0. The normalized spacial score (nSPS) is 14.5. The smallest absolute Gasteiger partial charge is 0.326 e. The molecule has 1 aromatic heterocycles. The topological polar surface area (TPSA) is 166 Å². The highest BCUT2D eigenvalue weighted by atomic mass is 32.2. The van der Waals surface area contributed by atoms with E-state index in [1.54, 1.807) is 0 Å². The SMILES string of the molecule is CSCCC(NC(=O)C(CS)NC(=O)C(CC(C)C)NC(=O)C(N)Cc1c[nH]c2ccccc12)C(=O)O. The third-order valence-electron chi connectivity index (χ3n) is 5.83. The van der Waals surface area contributed by atoms with Gasteiger partial charge in [-0.15, -0.1) is 0 Å². The number of fused-ring (bicyclic) bond motifs is 1. The monoisotopic (exact) mass is 551 g/mol. The van der Waals surface area contributed by atoms with Gasteiger partial charge in [0.05, 0.1) is 6.04 Å². The number of aromatic amines is 1. The lowest BCUT2D eigenvalue weighted by atomic mass is 10.0. The summed E-state index contributed by atoms with van der Waals surface area (Å²) in [6.45, 7) is 3.81. The number of hydrogen-bond acceptors (Lipinski definition) is 7. The summed E-state index contributed by atoms with van der Waals surface area (Å²) in [7, 11) is 0. The van der Waals surface area contributed by atoms with E-state index in [0.29, 0.717) is 12.2 Å². The fourth-order valence-corrected chi connectivity index (χ4v) is 4.57. The summed E-state index contributed by atoms with van der Waals surface area (Å²) in [5, 5.41) is 18.1. The highest BCUT2D eigenvalue weighted by molar-refractivity contribution is 7.98. The van der Waals surface area contributed by atoms with Gasteiger partial charge in [-0.1, -0.05) is 32.0 Å². The van der Waals surface area contributed by atoms with Crippen molar-refractivity contribution >= 4 is 59.0 Å². The molecule has 37 heavy (non-hydrogen) atoms. The Morgan fingerprint density at radius 1 is 1.03 bits per heavy atom. The standard InChI is InChI=1S/C25H37N5O5S2/c1-14(2)10-20(23(32)30-21(13-36)24(33)28-19(25(34)35)8-9-37-3)29-22(31)17(26)11-15-12-27-18-7-5-4-6-16(15)18/h4-7,12,14,17,19-21,27,36H,8-11,13,26H2,1-3H3,(H,28,33)(H,29,31)(H,30,32)(H,34,35). The molecule has 10 nitrogen and oxygen atoms in total. The lowest BCUT2D eigenvalue weighted by Crippen LogP contribution is -2.58. The van der Waals surface area contributed by atoms with Crippen LogP contribution in [0, 0.1) is 5.92 Å². The molecule has 2 rings (SSSR count). The third kappa shape index (κ3) is 9.28. The number of nitrogens with one attached hydrogen (secondary N) is 4. The summed E-state index contributed by atoms with van der Waals surface area (Å²) < 4.78 is 0. The molecular weight excluding hydrogens is 514 g/mol. The first-order valence-corrected chi connectivity index (χ1v) is 14.1. The number of thiol groups is 1. The van der Waals surface area contributed by atoms with E-state index in [0.717, 1.165) is 16.5 Å². The predicted molar refractivity (Wildman–Crippen MR) is 150 cm³/mol. The van der Waals surface area contributed by atoms with Crippen molar-refractivity contribution in [3.63, 3.8) is 0 Å². The molecule has 0 saturated carbocycles. The van der Waals surface area contributed by atoms with Crippen LogP contribution in [0.1, 0.15) is 32.3 Å². The molecule has 0 saturated heterocycles. The maximum Gasteiger partial charge on any atom is 0.326 e. The van der Waals surface area contributed by atoms with Crippen LogP contribution in [0.4, 0.5) is 0 Å². The predicted octanol–water partition coefficient (Wildman–Crippen LogP) is 1.31. The minimum atomic E-state index is -1.15. The zero-order chi connectivity index (χ0) is 27.5. The molecule has 0 aliphatic rings. The second kappa shape index (κ2) is 14.9. The quantitative estimate of drug-likeness (QED) is 0.164. The number of aromatic nitrogens is 1. The second-order valence-electron chi connectivity index (χ2n) is 9.29. The van der Waals surface area contributed by atoms with E-state index < -0.39 is 47.9 Å². The van der Waals surface area contributed by atoms with Crippen molar-refractivity contribution in [2.75, 3.05) is 17.8 Å². The Kier molecular flexibility index (Phi) is 12.3. The Bertz CT molecular complexity index is 1080. The molecule has 1 aromatic carbocycles. The van der Waals surface area contributed by atoms with Gasteiger partial charge < -0.3 is 31.8 Å². The summed E-state index contributed by atoms with van der Waals surface area (Å²) in [6, 6.07) is 3.73. The molecule has 7 N–H and O–H groups in total. The molecule has 204 valence electrons. The Labute approximate surface area is 226 Å². The molecule has 2 aromatic rings. The zero-order valence-electron chi connectivity index (χ0n) is 21.3. The van der Waals surface area contributed by atoms with Gasteiger partial charge in [-0.05, 0) is 48.8 Å². The van der Waals surface area contributed by atoms with Gasteiger partial charge in [-0.2, -0.15) is 24.4 Å². The molecular formula is C25H37N5O5S2. The maximum absolute atomic E-state index is 13.1. The largest absolute Gasteiger partial charge is 0.480 e. The van der Waals surface area contributed by atoms with Gasteiger partial charge in [0.2, 0.25) is 17.7 Å². The van der Waals surface area contributed by atoms with E-state index in [-0.39, 0.29) is 24.5 Å². The molecule has 0 spiro atoms. The van der Waals surface area contributed by atoms with E-state index in [2.05, 4.69) is 33.6 Å². The number of carbonyl (C=O) groups is 4. The summed E-state index contributed by atoms with van der Waals surface area (Å²) in [5.74, 6) is -2.28. The summed E-state index contributed by atoms with van der Waals surface area (Å²) >= 11 is 5.62. The molecule has 0 fully saturated rings. The van der Waals surface area contributed by atoms with E-state index in [1.807, 2.05) is 50.6 Å². The number of carboxylic acid groups (broad SMARTS) is 1. The first-order chi connectivity index (χ1) is 17.6. The van der Waals surface area contributed by atoms with Crippen LogP contribution in [0.3, 0.4) is 0 Å². The minimum Gasteiger partial charge on any atom is -0.480 e. The van der Waals surface area contributed by atoms with Crippen LogP contribution in [0.15, 0.2) is 30.5 Å². The fraction of sp³-hybridized carbons (Fsp3) is 0.520. The summed E-state index contributed by atoms with van der Waals surface area (Å²) in [5.41, 5.74) is 8.02. The number of rotatable bonds is 15. The molecule has 1 heterocycles. The van der Waals surface area contributed by atoms with Crippen LogP contribution >= 0.6 is 24.4 Å². The van der Waals surface area contributed by atoms with Gasteiger partial charge in [-0.25, -0.2) is 4.79 Å². The highest BCUT2D eigenvalue weighted by Gasteiger charge is 2.30.